The van der Waals surface area contributed by atoms with E-state index in [0.29, 0.717) is 18.7 Å². The monoisotopic (exact) mass is 382 g/mol. The Bertz CT molecular complexity index is 750. The normalized spacial score (nSPS) is 14.6. The van der Waals surface area contributed by atoms with Gasteiger partial charge in [-0.3, -0.25) is 9.78 Å². The van der Waals surface area contributed by atoms with Gasteiger partial charge < -0.3 is 20.3 Å². The maximum atomic E-state index is 12.5. The molecule has 2 aromatic rings. The maximum Gasteiger partial charge on any atom is 0.251 e. The topological polar surface area (TPSA) is 66.5 Å². The highest BCUT2D eigenvalue weighted by molar-refractivity contribution is 5.94. The summed E-state index contributed by atoms with van der Waals surface area (Å²) >= 11 is 0. The van der Waals surface area contributed by atoms with E-state index in [-0.39, 0.29) is 5.91 Å². The summed E-state index contributed by atoms with van der Waals surface area (Å²) in [5.41, 5.74) is 3.64. The van der Waals surface area contributed by atoms with Crippen LogP contribution >= 0.6 is 0 Å². The summed E-state index contributed by atoms with van der Waals surface area (Å²) in [5, 5.41) is 6.39. The molecule has 0 spiro atoms. The fraction of sp³-hybridized carbons (Fsp3) is 0.455. The van der Waals surface area contributed by atoms with Crippen LogP contribution in [0.25, 0.3) is 0 Å². The third-order valence-electron chi connectivity index (χ3n) is 4.97. The van der Waals surface area contributed by atoms with Crippen LogP contribution in [0, 0.1) is 13.8 Å². The number of aromatic nitrogens is 1. The number of aryl methyl sites for hydroxylation is 2. The Morgan fingerprint density at radius 2 is 2.00 bits per heavy atom. The van der Waals surface area contributed by atoms with Crippen molar-refractivity contribution in [2.45, 2.75) is 26.9 Å². The predicted molar refractivity (Wildman–Crippen MR) is 111 cm³/mol. The molecule has 1 aromatic carbocycles. The molecular weight excluding hydrogens is 352 g/mol. The average molecular weight is 383 g/mol. The van der Waals surface area contributed by atoms with Gasteiger partial charge in [-0.1, -0.05) is 6.07 Å². The van der Waals surface area contributed by atoms with Crippen molar-refractivity contribution in [1.82, 2.24) is 20.5 Å². The van der Waals surface area contributed by atoms with Gasteiger partial charge in [0.15, 0.2) is 0 Å². The SMILES string of the molecule is Cc1cc(C(=O)NCCCN2CCNCC2)cc(C)c1OCc1cccnc1. The summed E-state index contributed by atoms with van der Waals surface area (Å²) in [6.07, 6.45) is 4.51. The fourth-order valence-electron chi connectivity index (χ4n) is 3.49. The van der Waals surface area contributed by atoms with E-state index in [0.717, 1.165) is 61.6 Å². The summed E-state index contributed by atoms with van der Waals surface area (Å²) in [6, 6.07) is 7.68. The van der Waals surface area contributed by atoms with Crippen molar-refractivity contribution >= 4 is 5.91 Å². The Morgan fingerprint density at radius 1 is 1.25 bits per heavy atom. The standard InChI is InChI=1S/C22H30N4O2/c1-17-13-20(22(27)25-7-4-10-26-11-8-23-9-12-26)14-18(2)21(17)28-16-19-5-3-6-24-15-19/h3,5-6,13-15,23H,4,7-12,16H2,1-2H3,(H,25,27). The van der Waals surface area contributed by atoms with Crippen LogP contribution in [-0.4, -0.2) is 55.1 Å². The first-order valence-corrected chi connectivity index (χ1v) is 9.97. The molecule has 1 saturated heterocycles. The average Bonchev–Trinajstić information content (AvgIpc) is 2.72. The van der Waals surface area contributed by atoms with Crippen molar-refractivity contribution in [3.8, 4) is 5.75 Å². The highest BCUT2D eigenvalue weighted by Gasteiger charge is 2.13. The van der Waals surface area contributed by atoms with Gasteiger partial charge >= 0.3 is 0 Å². The van der Waals surface area contributed by atoms with E-state index in [1.54, 1.807) is 12.4 Å². The minimum Gasteiger partial charge on any atom is -0.488 e. The number of hydrogen-bond donors (Lipinski definition) is 2. The number of carbonyl (C=O) groups excluding carboxylic acids is 1. The molecule has 6 heteroatoms. The third-order valence-corrected chi connectivity index (χ3v) is 4.97. The quantitative estimate of drug-likeness (QED) is 0.686. The van der Waals surface area contributed by atoms with Crippen molar-refractivity contribution in [2.75, 3.05) is 39.3 Å². The minimum atomic E-state index is -0.0229. The van der Waals surface area contributed by atoms with E-state index < -0.39 is 0 Å². The van der Waals surface area contributed by atoms with Crippen LogP contribution in [0.1, 0.15) is 33.5 Å². The first-order valence-electron chi connectivity index (χ1n) is 9.97. The molecule has 1 aliphatic heterocycles. The van der Waals surface area contributed by atoms with E-state index >= 15 is 0 Å². The molecule has 1 aliphatic rings. The molecule has 150 valence electrons. The molecule has 0 unspecified atom stereocenters. The molecule has 0 saturated carbocycles. The molecule has 28 heavy (non-hydrogen) atoms. The van der Waals surface area contributed by atoms with E-state index in [2.05, 4.69) is 20.5 Å². The van der Waals surface area contributed by atoms with Crippen molar-refractivity contribution in [1.29, 1.82) is 0 Å². The first kappa shape index (κ1) is 20.3. The third kappa shape index (κ3) is 5.78. The van der Waals surface area contributed by atoms with Gasteiger partial charge in [-0.15, -0.1) is 0 Å². The summed E-state index contributed by atoms with van der Waals surface area (Å²) < 4.78 is 5.97. The molecule has 0 atom stereocenters. The molecule has 0 radical (unpaired) electrons. The molecule has 1 aromatic heterocycles. The Morgan fingerprint density at radius 3 is 2.68 bits per heavy atom. The number of nitrogens with one attached hydrogen (secondary N) is 2. The number of amides is 1. The zero-order chi connectivity index (χ0) is 19.8. The zero-order valence-electron chi connectivity index (χ0n) is 16.8. The molecule has 2 heterocycles. The lowest BCUT2D eigenvalue weighted by Gasteiger charge is -2.27. The number of piperazine rings is 1. The van der Waals surface area contributed by atoms with Gasteiger partial charge in [0.1, 0.15) is 12.4 Å². The Balaban J connectivity index is 1.50. The maximum absolute atomic E-state index is 12.5. The minimum absolute atomic E-state index is 0.0229. The Hall–Kier alpha value is -2.44. The summed E-state index contributed by atoms with van der Waals surface area (Å²) in [7, 11) is 0. The van der Waals surface area contributed by atoms with E-state index in [9.17, 15) is 4.79 Å². The van der Waals surface area contributed by atoms with Crippen molar-refractivity contribution < 1.29 is 9.53 Å². The summed E-state index contributed by atoms with van der Waals surface area (Å²) in [6.45, 7) is 10.4. The number of benzene rings is 1. The van der Waals surface area contributed by atoms with Gasteiger partial charge in [0.05, 0.1) is 0 Å². The second-order valence-electron chi connectivity index (χ2n) is 7.29. The second-order valence-corrected chi connectivity index (χ2v) is 7.29. The molecule has 2 N–H and O–H groups in total. The van der Waals surface area contributed by atoms with Gasteiger partial charge in [-0.2, -0.15) is 0 Å². The smallest absolute Gasteiger partial charge is 0.251 e. The van der Waals surface area contributed by atoms with Crippen LogP contribution < -0.4 is 15.4 Å². The van der Waals surface area contributed by atoms with E-state index in [4.69, 9.17) is 4.74 Å². The van der Waals surface area contributed by atoms with Gasteiger partial charge in [-0.05, 0) is 56.1 Å². The highest BCUT2D eigenvalue weighted by atomic mass is 16.5. The number of nitrogens with zero attached hydrogens (tertiary/aromatic N) is 2. The van der Waals surface area contributed by atoms with Crippen LogP contribution in [-0.2, 0) is 6.61 Å². The molecule has 0 bridgehead atoms. The summed E-state index contributed by atoms with van der Waals surface area (Å²) in [5.74, 6) is 0.810. The predicted octanol–water partition coefficient (Wildman–Crippen LogP) is 2.30. The number of ether oxygens (including phenoxy) is 1. The van der Waals surface area contributed by atoms with Gasteiger partial charge in [-0.25, -0.2) is 0 Å². The molecule has 1 fully saturated rings. The van der Waals surface area contributed by atoms with Gasteiger partial charge in [0.2, 0.25) is 0 Å². The van der Waals surface area contributed by atoms with Crippen molar-refractivity contribution in [2.24, 2.45) is 0 Å². The van der Waals surface area contributed by atoms with E-state index in [1.165, 1.54) is 0 Å². The number of pyridine rings is 1. The van der Waals surface area contributed by atoms with Crippen LogP contribution in [0.3, 0.4) is 0 Å². The lowest BCUT2D eigenvalue weighted by Crippen LogP contribution is -2.44. The molecule has 6 nitrogen and oxygen atoms in total. The molecule has 3 rings (SSSR count). The zero-order valence-corrected chi connectivity index (χ0v) is 16.8. The first-order chi connectivity index (χ1) is 13.6. The summed E-state index contributed by atoms with van der Waals surface area (Å²) in [4.78, 5) is 19.0. The fourth-order valence-corrected chi connectivity index (χ4v) is 3.49. The van der Waals surface area contributed by atoms with Crippen LogP contribution in [0.4, 0.5) is 0 Å². The number of carbonyl (C=O) groups is 1. The van der Waals surface area contributed by atoms with Crippen molar-refractivity contribution in [3.63, 3.8) is 0 Å². The Labute approximate surface area is 167 Å². The van der Waals surface area contributed by atoms with E-state index in [1.807, 2.05) is 38.1 Å². The Kier molecular flexibility index (Phi) is 7.39. The second kappa shape index (κ2) is 10.2. The molecule has 1 amide bonds. The van der Waals surface area contributed by atoms with Crippen LogP contribution in [0.15, 0.2) is 36.7 Å². The largest absolute Gasteiger partial charge is 0.488 e. The molecular formula is C22H30N4O2. The highest BCUT2D eigenvalue weighted by Crippen LogP contribution is 2.25. The number of rotatable bonds is 8. The van der Waals surface area contributed by atoms with Crippen molar-refractivity contribution in [3.05, 3.63) is 58.9 Å². The van der Waals surface area contributed by atoms with Gasteiger partial charge in [0.25, 0.3) is 5.91 Å². The lowest BCUT2D eigenvalue weighted by molar-refractivity contribution is 0.0951. The lowest BCUT2D eigenvalue weighted by atomic mass is 10.0. The number of hydrogen-bond acceptors (Lipinski definition) is 5. The van der Waals surface area contributed by atoms with Gasteiger partial charge in [0, 0.05) is 56.2 Å². The van der Waals surface area contributed by atoms with Crippen LogP contribution in [0.2, 0.25) is 0 Å². The molecule has 0 aliphatic carbocycles. The van der Waals surface area contributed by atoms with Crippen LogP contribution in [0.5, 0.6) is 5.75 Å².